The summed E-state index contributed by atoms with van der Waals surface area (Å²) >= 11 is 0. The van der Waals surface area contributed by atoms with Crippen LogP contribution in [-0.4, -0.2) is 37.7 Å². The Morgan fingerprint density at radius 1 is 1.22 bits per heavy atom. The third kappa shape index (κ3) is 3.69. The Morgan fingerprint density at radius 2 is 1.94 bits per heavy atom. The number of hydrogen-bond acceptors (Lipinski definition) is 3. The van der Waals surface area contributed by atoms with E-state index in [1.807, 2.05) is 0 Å². The quantitative estimate of drug-likeness (QED) is 0.795. The van der Waals surface area contributed by atoms with Gasteiger partial charge in [0.2, 0.25) is 5.91 Å². The number of piperidine rings is 1. The van der Waals surface area contributed by atoms with Gasteiger partial charge in [-0.1, -0.05) is 13.8 Å². The van der Waals surface area contributed by atoms with Crippen molar-refractivity contribution >= 4 is 5.91 Å². The highest BCUT2D eigenvalue weighted by Crippen LogP contribution is 2.30. The van der Waals surface area contributed by atoms with Crippen molar-refractivity contribution in [3.05, 3.63) is 0 Å². The summed E-state index contributed by atoms with van der Waals surface area (Å²) in [5.41, 5.74) is 0. The first-order valence-electron chi connectivity index (χ1n) is 7.28. The Morgan fingerprint density at radius 3 is 2.56 bits per heavy atom. The molecule has 4 heteroatoms. The van der Waals surface area contributed by atoms with Gasteiger partial charge >= 0.3 is 0 Å². The van der Waals surface area contributed by atoms with E-state index in [-0.39, 0.29) is 18.6 Å². The van der Waals surface area contributed by atoms with Crippen LogP contribution in [0.25, 0.3) is 0 Å². The predicted molar refractivity (Wildman–Crippen MR) is 71.3 cm³/mol. The van der Waals surface area contributed by atoms with Crippen LogP contribution in [0, 0.1) is 11.8 Å². The SMILES string of the molecule is CC1CCC(NC(=O)COC2CCNCC2)C1C. The van der Waals surface area contributed by atoms with Crippen LogP contribution >= 0.6 is 0 Å². The van der Waals surface area contributed by atoms with Crippen molar-refractivity contribution in [1.29, 1.82) is 0 Å². The second-order valence-electron chi connectivity index (χ2n) is 5.85. The minimum Gasteiger partial charge on any atom is -0.368 e. The summed E-state index contributed by atoms with van der Waals surface area (Å²) in [5.74, 6) is 1.37. The van der Waals surface area contributed by atoms with Gasteiger partial charge in [-0.3, -0.25) is 4.79 Å². The van der Waals surface area contributed by atoms with Crippen molar-refractivity contribution < 1.29 is 9.53 Å². The molecule has 0 aromatic heterocycles. The number of ether oxygens (including phenoxy) is 1. The lowest BCUT2D eigenvalue weighted by atomic mass is 9.98. The molecule has 1 saturated heterocycles. The van der Waals surface area contributed by atoms with Gasteiger partial charge in [0.1, 0.15) is 6.61 Å². The summed E-state index contributed by atoms with van der Waals surface area (Å²) in [5, 5.41) is 6.41. The van der Waals surface area contributed by atoms with Gasteiger partial charge in [-0.05, 0) is 50.6 Å². The zero-order valence-corrected chi connectivity index (χ0v) is 11.6. The van der Waals surface area contributed by atoms with E-state index in [0.717, 1.165) is 38.3 Å². The van der Waals surface area contributed by atoms with E-state index in [2.05, 4.69) is 24.5 Å². The average Bonchev–Trinajstić information content (AvgIpc) is 2.70. The van der Waals surface area contributed by atoms with E-state index >= 15 is 0 Å². The first kappa shape index (κ1) is 13.8. The van der Waals surface area contributed by atoms with Gasteiger partial charge < -0.3 is 15.4 Å². The zero-order chi connectivity index (χ0) is 13.0. The third-order valence-electron chi connectivity index (χ3n) is 4.55. The van der Waals surface area contributed by atoms with Gasteiger partial charge in [0.15, 0.2) is 0 Å². The molecule has 0 bridgehead atoms. The largest absolute Gasteiger partial charge is 0.368 e. The van der Waals surface area contributed by atoms with Crippen LogP contribution in [0.1, 0.15) is 39.5 Å². The van der Waals surface area contributed by atoms with E-state index in [0.29, 0.717) is 12.0 Å². The van der Waals surface area contributed by atoms with Crippen LogP contribution in [0.5, 0.6) is 0 Å². The van der Waals surface area contributed by atoms with Crippen molar-refractivity contribution in [2.75, 3.05) is 19.7 Å². The minimum atomic E-state index is 0.0551. The summed E-state index contributed by atoms with van der Waals surface area (Å²) in [6, 6.07) is 0.351. The van der Waals surface area contributed by atoms with Crippen molar-refractivity contribution in [3.63, 3.8) is 0 Å². The highest BCUT2D eigenvalue weighted by Gasteiger charge is 2.30. The van der Waals surface area contributed by atoms with Gasteiger partial charge in [-0.15, -0.1) is 0 Å². The minimum absolute atomic E-state index is 0.0551. The van der Waals surface area contributed by atoms with Gasteiger partial charge in [-0.2, -0.15) is 0 Å². The number of amides is 1. The first-order valence-corrected chi connectivity index (χ1v) is 7.28. The van der Waals surface area contributed by atoms with E-state index in [1.165, 1.54) is 6.42 Å². The smallest absolute Gasteiger partial charge is 0.246 e. The molecule has 3 atom stereocenters. The molecular formula is C14H26N2O2. The van der Waals surface area contributed by atoms with Crippen LogP contribution in [0.15, 0.2) is 0 Å². The fourth-order valence-electron chi connectivity index (χ4n) is 2.97. The van der Waals surface area contributed by atoms with Gasteiger partial charge in [0.05, 0.1) is 6.10 Å². The molecule has 1 aliphatic carbocycles. The second-order valence-corrected chi connectivity index (χ2v) is 5.85. The standard InChI is InChI=1S/C14H26N2O2/c1-10-3-4-13(11(10)2)16-14(17)9-18-12-5-7-15-8-6-12/h10-13,15H,3-9H2,1-2H3,(H,16,17). The van der Waals surface area contributed by atoms with Crippen molar-refractivity contribution in [2.24, 2.45) is 11.8 Å². The van der Waals surface area contributed by atoms with Crippen LogP contribution in [-0.2, 0) is 9.53 Å². The number of nitrogens with one attached hydrogen (secondary N) is 2. The molecule has 1 saturated carbocycles. The molecule has 0 radical (unpaired) electrons. The van der Waals surface area contributed by atoms with Crippen LogP contribution < -0.4 is 10.6 Å². The number of carbonyl (C=O) groups is 1. The van der Waals surface area contributed by atoms with Gasteiger partial charge in [-0.25, -0.2) is 0 Å². The molecule has 1 heterocycles. The molecule has 4 nitrogen and oxygen atoms in total. The zero-order valence-electron chi connectivity index (χ0n) is 11.6. The maximum absolute atomic E-state index is 11.8. The molecule has 104 valence electrons. The third-order valence-corrected chi connectivity index (χ3v) is 4.55. The molecule has 2 aliphatic rings. The highest BCUT2D eigenvalue weighted by atomic mass is 16.5. The summed E-state index contributed by atoms with van der Waals surface area (Å²) in [7, 11) is 0. The molecule has 18 heavy (non-hydrogen) atoms. The monoisotopic (exact) mass is 254 g/mol. The molecule has 2 N–H and O–H groups in total. The molecular weight excluding hydrogens is 228 g/mol. The van der Waals surface area contributed by atoms with E-state index in [9.17, 15) is 4.79 Å². The molecule has 1 amide bonds. The lowest BCUT2D eigenvalue weighted by Gasteiger charge is -2.24. The normalized spacial score (nSPS) is 33.6. The molecule has 0 aromatic rings. The van der Waals surface area contributed by atoms with Crippen molar-refractivity contribution in [3.8, 4) is 0 Å². The summed E-state index contributed by atoms with van der Waals surface area (Å²) in [4.78, 5) is 11.8. The van der Waals surface area contributed by atoms with Gasteiger partial charge in [0, 0.05) is 6.04 Å². The molecule has 2 fully saturated rings. The lowest BCUT2D eigenvalue weighted by Crippen LogP contribution is -2.41. The fourth-order valence-corrected chi connectivity index (χ4v) is 2.97. The molecule has 0 spiro atoms. The Bertz CT molecular complexity index is 277. The van der Waals surface area contributed by atoms with Crippen molar-refractivity contribution in [2.45, 2.75) is 51.7 Å². The lowest BCUT2D eigenvalue weighted by molar-refractivity contribution is -0.129. The highest BCUT2D eigenvalue weighted by molar-refractivity contribution is 5.77. The van der Waals surface area contributed by atoms with E-state index in [1.54, 1.807) is 0 Å². The Kier molecular flexibility index (Phi) is 5.01. The molecule has 1 aliphatic heterocycles. The van der Waals surface area contributed by atoms with Crippen LogP contribution in [0.2, 0.25) is 0 Å². The Labute approximate surface area is 110 Å². The second kappa shape index (κ2) is 6.53. The summed E-state index contributed by atoms with van der Waals surface area (Å²) < 4.78 is 5.67. The summed E-state index contributed by atoms with van der Waals surface area (Å²) in [6.45, 7) is 6.73. The Hall–Kier alpha value is -0.610. The maximum Gasteiger partial charge on any atom is 0.246 e. The molecule has 2 rings (SSSR count). The number of rotatable bonds is 4. The van der Waals surface area contributed by atoms with Crippen molar-refractivity contribution in [1.82, 2.24) is 10.6 Å². The van der Waals surface area contributed by atoms with E-state index in [4.69, 9.17) is 4.74 Å². The Balaban J connectivity index is 1.65. The average molecular weight is 254 g/mol. The number of hydrogen-bond donors (Lipinski definition) is 2. The maximum atomic E-state index is 11.8. The topological polar surface area (TPSA) is 50.4 Å². The molecule has 0 aromatic carbocycles. The van der Waals surface area contributed by atoms with Crippen LogP contribution in [0.4, 0.5) is 0 Å². The van der Waals surface area contributed by atoms with Crippen LogP contribution in [0.3, 0.4) is 0 Å². The first-order chi connectivity index (χ1) is 8.66. The fraction of sp³-hybridized carbons (Fsp3) is 0.929. The molecule has 3 unspecified atom stereocenters. The number of carbonyl (C=O) groups excluding carboxylic acids is 1. The van der Waals surface area contributed by atoms with E-state index < -0.39 is 0 Å². The summed E-state index contributed by atoms with van der Waals surface area (Å²) in [6.07, 6.45) is 4.63. The predicted octanol–water partition coefficient (Wildman–Crippen LogP) is 1.31. The van der Waals surface area contributed by atoms with Gasteiger partial charge in [0.25, 0.3) is 0 Å².